The smallest absolute Gasteiger partial charge is 0.260 e. The summed E-state index contributed by atoms with van der Waals surface area (Å²) in [6.45, 7) is 0. The van der Waals surface area contributed by atoms with Crippen LogP contribution in [0.2, 0.25) is 0 Å². The molecule has 0 aliphatic carbocycles. The highest BCUT2D eigenvalue weighted by Gasteiger charge is 2.60. The summed E-state index contributed by atoms with van der Waals surface area (Å²) in [5.74, 6) is -1.17. The second kappa shape index (κ2) is 7.51. The summed E-state index contributed by atoms with van der Waals surface area (Å²) in [5, 5.41) is -0.964. The number of allylic oxidation sites excluding steroid dienone is 1. The second-order valence-electron chi connectivity index (χ2n) is 6.92. The summed E-state index contributed by atoms with van der Waals surface area (Å²) < 4.78 is 30.2. The molecule has 0 bridgehead atoms. The predicted molar refractivity (Wildman–Crippen MR) is 112 cm³/mol. The fraction of sp³-hybridized carbons (Fsp3) is 0.238. The number of ketones is 1. The van der Waals surface area contributed by atoms with Crippen LogP contribution in [0.5, 0.6) is 0 Å². The monoisotopic (exact) mass is 475 g/mol. The molecule has 1 amide bonds. The van der Waals surface area contributed by atoms with Gasteiger partial charge in [-0.3, -0.25) is 14.5 Å². The minimum absolute atomic E-state index is 0.132. The lowest BCUT2D eigenvalue weighted by atomic mass is 9.97. The maximum Gasteiger partial charge on any atom is 0.260 e. The number of halogens is 1. The molecule has 2 heterocycles. The summed E-state index contributed by atoms with van der Waals surface area (Å²) in [7, 11) is -2.34. The molecule has 6 nitrogen and oxygen atoms in total. The van der Waals surface area contributed by atoms with E-state index in [-0.39, 0.29) is 22.6 Å². The number of β-lactam (4-membered cyclic amide) rings is 1. The summed E-state index contributed by atoms with van der Waals surface area (Å²) in [5.41, 5.74) is 2.88. The van der Waals surface area contributed by atoms with Crippen LogP contribution in [0.4, 0.5) is 0 Å². The second-order valence-corrected chi connectivity index (χ2v) is 9.58. The van der Waals surface area contributed by atoms with Crippen LogP contribution in [0.25, 0.3) is 11.1 Å². The molecule has 4 rings (SSSR count). The van der Waals surface area contributed by atoms with Crippen LogP contribution < -0.4 is 0 Å². The molecule has 0 N–H and O–H groups in total. The van der Waals surface area contributed by atoms with Gasteiger partial charge in [-0.15, -0.1) is 0 Å². The number of ether oxygens (including phenoxy) is 1. The third-order valence-electron chi connectivity index (χ3n) is 5.20. The molecule has 8 heteroatoms. The van der Waals surface area contributed by atoms with Gasteiger partial charge in [-0.1, -0.05) is 70.5 Å². The minimum atomic E-state index is -3.63. The fourth-order valence-electron chi connectivity index (χ4n) is 3.76. The molecule has 0 aromatic heterocycles. The van der Waals surface area contributed by atoms with Crippen molar-refractivity contribution in [2.24, 2.45) is 0 Å². The Morgan fingerprint density at radius 3 is 2.31 bits per heavy atom. The summed E-state index contributed by atoms with van der Waals surface area (Å²) >= 11 is 3.27. The largest absolute Gasteiger partial charge is 0.368 e. The molecule has 0 saturated carbocycles. The van der Waals surface area contributed by atoms with Gasteiger partial charge in [0.15, 0.2) is 21.3 Å². The number of alkyl halides is 1. The van der Waals surface area contributed by atoms with E-state index in [0.29, 0.717) is 11.1 Å². The number of fused-ring (bicyclic) bond motifs is 1. The van der Waals surface area contributed by atoms with E-state index in [2.05, 4.69) is 15.9 Å². The average molecular weight is 476 g/mol. The fourth-order valence-corrected chi connectivity index (χ4v) is 6.52. The predicted octanol–water partition coefficient (Wildman–Crippen LogP) is 2.80. The first-order valence-corrected chi connectivity index (χ1v) is 11.8. The number of amides is 1. The number of sulfone groups is 1. The Morgan fingerprint density at radius 1 is 1.10 bits per heavy atom. The Balaban J connectivity index is 1.72. The Hall–Kier alpha value is -2.29. The highest BCUT2D eigenvalue weighted by atomic mass is 79.9. The normalized spacial score (nSPS) is 22.8. The van der Waals surface area contributed by atoms with E-state index in [0.717, 1.165) is 16.0 Å². The number of carbonyl (C=O) groups is 2. The van der Waals surface area contributed by atoms with Crippen molar-refractivity contribution in [3.63, 3.8) is 0 Å². The number of hydrogen-bond acceptors (Lipinski definition) is 5. The lowest BCUT2D eigenvalue weighted by Crippen LogP contribution is -2.70. The van der Waals surface area contributed by atoms with E-state index in [4.69, 9.17) is 4.74 Å². The van der Waals surface area contributed by atoms with Gasteiger partial charge >= 0.3 is 0 Å². The number of carbonyl (C=O) groups excluding carboxylic acids is 2. The molecule has 0 unspecified atom stereocenters. The average Bonchev–Trinajstić information content (AvgIpc) is 2.74. The van der Waals surface area contributed by atoms with E-state index in [1.165, 1.54) is 7.11 Å². The molecule has 0 radical (unpaired) electrons. The van der Waals surface area contributed by atoms with Gasteiger partial charge in [-0.2, -0.15) is 0 Å². The molecule has 0 spiro atoms. The van der Waals surface area contributed by atoms with E-state index >= 15 is 0 Å². The zero-order valence-corrected chi connectivity index (χ0v) is 17.9. The Labute approximate surface area is 177 Å². The number of Topliss-reactive ketones (excluding diaryl/α,β-unsaturated/α-hetero) is 1. The first-order chi connectivity index (χ1) is 13.9. The molecule has 1 saturated heterocycles. The molecular formula is C21H18BrNO5S. The topological polar surface area (TPSA) is 80.8 Å². The number of nitrogens with zero attached hydrogens (tertiary/aromatic N) is 1. The highest BCUT2D eigenvalue weighted by Crippen LogP contribution is 2.39. The standard InChI is InChI=1S/C21H18BrNO5S/c1-28-19-20(25)23-17(16(11-22)12-29(26,27)21(19)23)18(24)15-9-7-14(8-10-15)13-5-3-2-4-6-13/h2-10,19,21H,11-12H2,1H3/t19-,21-/m0/s1. The zero-order valence-electron chi connectivity index (χ0n) is 15.5. The molecule has 150 valence electrons. The van der Waals surface area contributed by atoms with Crippen LogP contribution in [0, 0.1) is 0 Å². The summed E-state index contributed by atoms with van der Waals surface area (Å²) in [6, 6.07) is 16.8. The van der Waals surface area contributed by atoms with Crippen molar-refractivity contribution in [3.8, 4) is 11.1 Å². The van der Waals surface area contributed by atoms with Crippen LogP contribution in [-0.4, -0.2) is 54.7 Å². The number of hydrogen-bond donors (Lipinski definition) is 0. The van der Waals surface area contributed by atoms with Crippen LogP contribution in [0.1, 0.15) is 10.4 Å². The van der Waals surface area contributed by atoms with Gasteiger partial charge in [0, 0.05) is 18.0 Å². The van der Waals surface area contributed by atoms with Gasteiger partial charge in [0.2, 0.25) is 5.78 Å². The zero-order chi connectivity index (χ0) is 20.8. The van der Waals surface area contributed by atoms with E-state index in [9.17, 15) is 18.0 Å². The molecule has 2 atom stereocenters. The van der Waals surface area contributed by atoms with Crippen molar-refractivity contribution >= 4 is 37.5 Å². The quantitative estimate of drug-likeness (QED) is 0.377. The molecule has 2 aromatic carbocycles. The van der Waals surface area contributed by atoms with Gasteiger partial charge < -0.3 is 4.74 Å². The van der Waals surface area contributed by atoms with Crippen molar-refractivity contribution in [1.82, 2.24) is 4.90 Å². The lowest BCUT2D eigenvalue weighted by Gasteiger charge is -2.48. The number of rotatable bonds is 5. The number of methoxy groups -OCH3 is 1. The van der Waals surface area contributed by atoms with Gasteiger partial charge in [0.1, 0.15) is 0 Å². The minimum Gasteiger partial charge on any atom is -0.368 e. The van der Waals surface area contributed by atoms with Crippen molar-refractivity contribution in [2.45, 2.75) is 11.5 Å². The lowest BCUT2D eigenvalue weighted by molar-refractivity contribution is -0.158. The van der Waals surface area contributed by atoms with Crippen molar-refractivity contribution in [3.05, 3.63) is 71.4 Å². The van der Waals surface area contributed by atoms with Gasteiger partial charge in [-0.25, -0.2) is 8.42 Å². The Morgan fingerprint density at radius 2 is 1.72 bits per heavy atom. The third kappa shape index (κ3) is 3.25. The molecule has 2 aliphatic rings. The van der Waals surface area contributed by atoms with Crippen molar-refractivity contribution in [1.29, 1.82) is 0 Å². The maximum atomic E-state index is 13.3. The van der Waals surface area contributed by atoms with Crippen LogP contribution in [0.3, 0.4) is 0 Å². The molecule has 29 heavy (non-hydrogen) atoms. The van der Waals surface area contributed by atoms with Gasteiger partial charge in [0.25, 0.3) is 5.91 Å². The third-order valence-corrected chi connectivity index (χ3v) is 7.82. The molecular weight excluding hydrogens is 458 g/mol. The Kier molecular flexibility index (Phi) is 5.18. The summed E-state index contributed by atoms with van der Waals surface area (Å²) in [4.78, 5) is 26.8. The highest BCUT2D eigenvalue weighted by molar-refractivity contribution is 9.09. The van der Waals surface area contributed by atoms with Crippen LogP contribution in [0.15, 0.2) is 65.9 Å². The molecule has 1 fully saturated rings. The molecule has 2 aromatic rings. The first kappa shape index (κ1) is 20.0. The molecule has 2 aliphatic heterocycles. The van der Waals surface area contributed by atoms with Gasteiger partial charge in [0.05, 0.1) is 11.4 Å². The Bertz CT molecular complexity index is 1110. The van der Waals surface area contributed by atoms with Crippen molar-refractivity contribution in [2.75, 3.05) is 18.2 Å². The SMILES string of the molecule is CO[C@H]1C(=O)N2C(C(=O)c3ccc(-c4ccccc4)cc3)=C(CBr)CS(=O)(=O)[C@@H]12. The number of benzene rings is 2. The van der Waals surface area contributed by atoms with Crippen LogP contribution in [-0.2, 0) is 19.4 Å². The maximum absolute atomic E-state index is 13.3. The van der Waals surface area contributed by atoms with Crippen molar-refractivity contribution < 1.29 is 22.7 Å². The van der Waals surface area contributed by atoms with E-state index < -0.39 is 27.2 Å². The first-order valence-electron chi connectivity index (χ1n) is 8.94. The van der Waals surface area contributed by atoms with E-state index in [1.807, 2.05) is 42.5 Å². The van der Waals surface area contributed by atoms with Crippen LogP contribution >= 0.6 is 15.9 Å². The summed E-state index contributed by atoms with van der Waals surface area (Å²) in [6.07, 6.45) is -1.07. The van der Waals surface area contributed by atoms with Gasteiger partial charge in [-0.05, 0) is 16.7 Å². The van der Waals surface area contributed by atoms with E-state index in [1.54, 1.807) is 12.1 Å².